The molecule has 0 heterocycles. The summed E-state index contributed by atoms with van der Waals surface area (Å²) in [6, 6.07) is 2.35. The van der Waals surface area contributed by atoms with E-state index in [4.69, 9.17) is 5.11 Å². The summed E-state index contributed by atoms with van der Waals surface area (Å²) in [7, 11) is 0. The van der Waals surface area contributed by atoms with Gasteiger partial charge < -0.3 is 14.9 Å². The van der Waals surface area contributed by atoms with E-state index in [9.17, 15) is 18.7 Å². The molecule has 1 aromatic carbocycles. The highest BCUT2D eigenvalue weighted by atomic mass is 79.9. The Kier molecular flexibility index (Phi) is 4.84. The molecule has 0 aromatic heterocycles. The Balaban J connectivity index is 3.18. The van der Waals surface area contributed by atoms with E-state index in [1.165, 1.54) is 6.07 Å². The van der Waals surface area contributed by atoms with Gasteiger partial charge >= 0.3 is 12.6 Å². The van der Waals surface area contributed by atoms with Gasteiger partial charge in [0.05, 0.1) is 4.47 Å². The summed E-state index contributed by atoms with van der Waals surface area (Å²) in [4.78, 5) is 10.6. The van der Waals surface area contributed by atoms with E-state index in [1.54, 1.807) is 0 Å². The molecule has 0 radical (unpaired) electrons. The average molecular weight is 376 g/mol. The number of carboxylic acids is 1. The van der Waals surface area contributed by atoms with Crippen LogP contribution in [0.2, 0.25) is 0 Å². The number of alkyl halides is 2. The lowest BCUT2D eigenvalue weighted by Gasteiger charge is -2.13. The largest absolute Gasteiger partial charge is 0.479 e. The monoisotopic (exact) mass is 374 g/mol. The normalized spacial score (nSPS) is 12.6. The van der Waals surface area contributed by atoms with Crippen LogP contribution in [0.25, 0.3) is 0 Å². The Bertz CT molecular complexity index is 439. The second-order valence-electron chi connectivity index (χ2n) is 2.92. The first-order chi connectivity index (χ1) is 7.82. The highest BCUT2D eigenvalue weighted by Crippen LogP contribution is 2.35. The minimum absolute atomic E-state index is 0.0728. The van der Waals surface area contributed by atoms with Crippen molar-refractivity contribution in [1.29, 1.82) is 0 Å². The van der Waals surface area contributed by atoms with Gasteiger partial charge in [-0.2, -0.15) is 8.78 Å². The first-order valence-corrected chi connectivity index (χ1v) is 5.76. The predicted octanol–water partition coefficient (Wildman–Crippen LogP) is 2.93. The van der Waals surface area contributed by atoms with Crippen molar-refractivity contribution in [3.8, 4) is 5.75 Å². The Morgan fingerprint density at radius 1 is 1.29 bits per heavy atom. The van der Waals surface area contributed by atoms with Gasteiger partial charge in [0.25, 0.3) is 0 Å². The summed E-state index contributed by atoms with van der Waals surface area (Å²) >= 11 is 6.00. The Labute approximate surface area is 111 Å². The third kappa shape index (κ3) is 3.62. The third-order valence-electron chi connectivity index (χ3n) is 1.80. The van der Waals surface area contributed by atoms with E-state index in [2.05, 4.69) is 36.6 Å². The van der Waals surface area contributed by atoms with Crippen molar-refractivity contribution in [2.24, 2.45) is 0 Å². The molecule has 0 aliphatic carbocycles. The van der Waals surface area contributed by atoms with Gasteiger partial charge in [-0.3, -0.25) is 0 Å². The number of benzene rings is 1. The van der Waals surface area contributed by atoms with Crippen LogP contribution < -0.4 is 4.74 Å². The number of carboxylic acid groups (broad SMARTS) is 1. The minimum atomic E-state index is -3.04. The molecule has 2 N–H and O–H groups in total. The summed E-state index contributed by atoms with van der Waals surface area (Å²) in [5.41, 5.74) is -0.0728. The quantitative estimate of drug-likeness (QED) is 0.849. The van der Waals surface area contributed by atoms with Gasteiger partial charge in [0.2, 0.25) is 0 Å². The maximum Gasteiger partial charge on any atom is 0.387 e. The van der Waals surface area contributed by atoms with Crippen LogP contribution in [0.1, 0.15) is 11.7 Å². The molecule has 0 bridgehead atoms. The summed E-state index contributed by atoms with van der Waals surface area (Å²) in [5, 5.41) is 18.0. The topological polar surface area (TPSA) is 66.8 Å². The van der Waals surface area contributed by atoms with Crippen molar-refractivity contribution in [1.82, 2.24) is 0 Å². The lowest BCUT2D eigenvalue weighted by molar-refractivity contribution is -0.147. The van der Waals surface area contributed by atoms with Crippen molar-refractivity contribution in [3.05, 3.63) is 26.6 Å². The molecule has 8 heteroatoms. The molecule has 1 rings (SSSR count). The van der Waals surface area contributed by atoms with Crippen LogP contribution in [0.5, 0.6) is 5.75 Å². The number of halogens is 4. The molecule has 0 spiro atoms. The maximum absolute atomic E-state index is 12.1. The zero-order valence-corrected chi connectivity index (χ0v) is 11.2. The fraction of sp³-hybridized carbons (Fsp3) is 0.222. The number of ether oxygens (including phenoxy) is 1. The van der Waals surface area contributed by atoms with Gasteiger partial charge in [-0.15, -0.1) is 0 Å². The molecule has 0 fully saturated rings. The molecule has 4 nitrogen and oxygen atoms in total. The highest BCUT2D eigenvalue weighted by Gasteiger charge is 2.21. The van der Waals surface area contributed by atoms with E-state index in [0.29, 0.717) is 0 Å². The third-order valence-corrected chi connectivity index (χ3v) is 3.10. The molecule has 94 valence electrons. The molecule has 0 saturated heterocycles. The molecule has 1 unspecified atom stereocenters. The number of hydrogen-bond acceptors (Lipinski definition) is 3. The molecule has 0 saturated carbocycles. The van der Waals surface area contributed by atoms with Gasteiger partial charge in [-0.25, -0.2) is 4.79 Å². The van der Waals surface area contributed by atoms with Crippen LogP contribution in [0.15, 0.2) is 21.1 Å². The van der Waals surface area contributed by atoms with Crippen LogP contribution in [0.4, 0.5) is 8.78 Å². The minimum Gasteiger partial charge on any atom is -0.479 e. The van der Waals surface area contributed by atoms with E-state index in [-0.39, 0.29) is 20.3 Å². The van der Waals surface area contributed by atoms with Crippen LogP contribution in [0, 0.1) is 0 Å². The molecule has 0 amide bonds. The van der Waals surface area contributed by atoms with E-state index in [0.717, 1.165) is 6.07 Å². The van der Waals surface area contributed by atoms with Crippen molar-refractivity contribution < 1.29 is 28.5 Å². The molecule has 0 aliphatic heterocycles. The lowest BCUT2D eigenvalue weighted by atomic mass is 10.1. The van der Waals surface area contributed by atoms with Crippen molar-refractivity contribution in [2.45, 2.75) is 12.7 Å². The smallest absolute Gasteiger partial charge is 0.387 e. The average Bonchev–Trinajstić information content (AvgIpc) is 2.20. The van der Waals surface area contributed by atoms with Crippen LogP contribution in [-0.4, -0.2) is 22.8 Å². The Morgan fingerprint density at radius 2 is 1.88 bits per heavy atom. The second kappa shape index (κ2) is 5.74. The number of aliphatic carboxylic acids is 1. The lowest BCUT2D eigenvalue weighted by Crippen LogP contribution is -2.12. The predicted molar refractivity (Wildman–Crippen MR) is 61.1 cm³/mol. The van der Waals surface area contributed by atoms with Crippen molar-refractivity contribution in [3.63, 3.8) is 0 Å². The zero-order valence-electron chi connectivity index (χ0n) is 8.03. The molecule has 1 aromatic rings. The number of aliphatic hydroxyl groups is 1. The first-order valence-electron chi connectivity index (χ1n) is 4.17. The number of rotatable bonds is 4. The van der Waals surface area contributed by atoms with Crippen molar-refractivity contribution in [2.75, 3.05) is 0 Å². The van der Waals surface area contributed by atoms with Gasteiger partial charge in [-0.1, -0.05) is 15.9 Å². The number of hydrogen-bond donors (Lipinski definition) is 2. The fourth-order valence-electron chi connectivity index (χ4n) is 1.07. The SMILES string of the molecule is O=C(O)C(O)c1cc(OC(F)F)c(Br)cc1Br. The van der Waals surface area contributed by atoms with Crippen molar-refractivity contribution >= 4 is 37.8 Å². The molecular weight excluding hydrogens is 370 g/mol. The molecule has 0 aliphatic rings. The van der Waals surface area contributed by atoms with Crippen LogP contribution in [0.3, 0.4) is 0 Å². The molecule has 17 heavy (non-hydrogen) atoms. The molecule has 1 atom stereocenters. The summed E-state index contributed by atoms with van der Waals surface area (Å²) in [6.45, 7) is -3.04. The highest BCUT2D eigenvalue weighted by molar-refractivity contribution is 9.11. The van der Waals surface area contributed by atoms with Gasteiger partial charge in [0.15, 0.2) is 6.10 Å². The first kappa shape index (κ1) is 14.3. The second-order valence-corrected chi connectivity index (χ2v) is 4.63. The Morgan fingerprint density at radius 3 is 2.35 bits per heavy atom. The van der Waals surface area contributed by atoms with Crippen LogP contribution >= 0.6 is 31.9 Å². The fourth-order valence-corrected chi connectivity index (χ4v) is 2.38. The Hall–Kier alpha value is -0.730. The van der Waals surface area contributed by atoms with Crippen LogP contribution in [-0.2, 0) is 4.79 Å². The van der Waals surface area contributed by atoms with Gasteiger partial charge in [0, 0.05) is 10.0 Å². The standard InChI is InChI=1S/C9H6Br2F2O4/c10-4-2-5(11)6(17-9(12)13)1-3(4)7(14)8(15)16/h1-2,7,9,14H,(H,15,16). The van der Waals surface area contributed by atoms with Gasteiger partial charge in [0.1, 0.15) is 5.75 Å². The maximum atomic E-state index is 12.1. The zero-order chi connectivity index (χ0) is 13.2. The number of aliphatic hydroxyl groups excluding tert-OH is 1. The molecular formula is C9H6Br2F2O4. The summed E-state index contributed by atoms with van der Waals surface area (Å²) in [6.07, 6.45) is -1.82. The summed E-state index contributed by atoms with van der Waals surface area (Å²) in [5.74, 6) is -1.74. The van der Waals surface area contributed by atoms with E-state index >= 15 is 0 Å². The van der Waals surface area contributed by atoms with E-state index < -0.39 is 18.7 Å². The van der Waals surface area contributed by atoms with Gasteiger partial charge in [-0.05, 0) is 28.1 Å². The number of carbonyl (C=O) groups is 1. The summed E-state index contributed by atoms with van der Waals surface area (Å²) < 4.78 is 28.8. The van der Waals surface area contributed by atoms with E-state index in [1.807, 2.05) is 0 Å².